The van der Waals surface area contributed by atoms with Crippen molar-refractivity contribution in [3.05, 3.63) is 51.3 Å². The van der Waals surface area contributed by atoms with Gasteiger partial charge in [-0.15, -0.1) is 13.2 Å². The molecule has 28 heavy (non-hydrogen) atoms. The fourth-order valence-corrected chi connectivity index (χ4v) is 2.33. The third-order valence-electron chi connectivity index (χ3n) is 3.56. The molecule has 0 aliphatic rings. The van der Waals surface area contributed by atoms with E-state index in [0.717, 1.165) is 18.2 Å². The van der Waals surface area contributed by atoms with Gasteiger partial charge in [0.25, 0.3) is 12.0 Å². The predicted octanol–water partition coefficient (Wildman–Crippen LogP) is 3.92. The summed E-state index contributed by atoms with van der Waals surface area (Å²) in [4.78, 5) is 18.0. The first-order valence-corrected chi connectivity index (χ1v) is 7.68. The summed E-state index contributed by atoms with van der Waals surface area (Å²) in [6.45, 7) is 2.82. The molecule has 0 aliphatic heterocycles. The Morgan fingerprint density at radius 2 is 1.96 bits per heavy atom. The second-order valence-corrected chi connectivity index (χ2v) is 5.69. The number of hydrogen-bond donors (Lipinski definition) is 3. The molecule has 1 heterocycles. The minimum atomic E-state index is -5.07. The van der Waals surface area contributed by atoms with Crippen molar-refractivity contribution in [3.8, 4) is 5.75 Å². The lowest BCUT2D eigenvalue weighted by molar-refractivity contribution is -0.275. The highest BCUT2D eigenvalue weighted by Crippen LogP contribution is 2.29. The van der Waals surface area contributed by atoms with Crippen LogP contribution in [0.5, 0.6) is 5.75 Å². The lowest BCUT2D eigenvalue weighted by Gasteiger charge is -2.18. The molecule has 1 atom stereocenters. The molecule has 0 saturated heterocycles. The maximum Gasteiger partial charge on any atom is 0.573 e. The van der Waals surface area contributed by atoms with Gasteiger partial charge in [0.05, 0.1) is 6.04 Å². The fraction of sp³-hybridized carbons (Fsp3) is 0.312. The number of H-pyrrole nitrogens is 1. The summed E-state index contributed by atoms with van der Waals surface area (Å²) in [5.74, 6) is -2.59. The molecule has 0 fully saturated rings. The molecule has 0 bridgehead atoms. The zero-order valence-corrected chi connectivity index (χ0v) is 14.4. The Morgan fingerprint density at radius 3 is 2.50 bits per heavy atom. The van der Waals surface area contributed by atoms with Crippen LogP contribution in [0.2, 0.25) is 0 Å². The molecule has 1 aromatic heterocycles. The number of aromatic amines is 1. The van der Waals surface area contributed by atoms with E-state index in [1.54, 1.807) is 0 Å². The Hall–Kier alpha value is -3.05. The number of alkyl halides is 5. The van der Waals surface area contributed by atoms with Gasteiger partial charge in [0.1, 0.15) is 22.9 Å². The second-order valence-electron chi connectivity index (χ2n) is 5.69. The smallest absolute Gasteiger partial charge is 0.403 e. The van der Waals surface area contributed by atoms with E-state index >= 15 is 0 Å². The minimum absolute atomic E-state index is 0.0747. The number of rotatable bonds is 6. The van der Waals surface area contributed by atoms with Crippen LogP contribution in [0.15, 0.2) is 23.0 Å². The van der Waals surface area contributed by atoms with E-state index in [9.17, 15) is 31.1 Å². The molecule has 0 amide bonds. The SMILES string of the molecule is Cc1nc(NC(C)c2ccc(OC(F)(F)F)c(F)c2)c(C(=N)C(F)F)c(=O)[nH]1. The number of benzene rings is 1. The molecule has 0 spiro atoms. The van der Waals surface area contributed by atoms with Crippen molar-refractivity contribution in [1.29, 1.82) is 5.41 Å². The fourth-order valence-electron chi connectivity index (χ4n) is 2.33. The van der Waals surface area contributed by atoms with Crippen LogP contribution in [0.1, 0.15) is 29.9 Å². The van der Waals surface area contributed by atoms with Gasteiger partial charge < -0.3 is 15.0 Å². The Morgan fingerprint density at radius 1 is 1.32 bits per heavy atom. The zero-order valence-electron chi connectivity index (χ0n) is 14.4. The molecule has 2 aromatic rings. The molecular formula is C16H14F6N4O2. The maximum absolute atomic E-state index is 13.9. The quantitative estimate of drug-likeness (QED) is 0.499. The summed E-state index contributed by atoms with van der Waals surface area (Å²) in [5.41, 5.74) is -2.79. The van der Waals surface area contributed by atoms with Crippen LogP contribution in [0, 0.1) is 18.2 Å². The molecule has 12 heteroatoms. The predicted molar refractivity (Wildman–Crippen MR) is 87.5 cm³/mol. The van der Waals surface area contributed by atoms with Gasteiger partial charge in [-0.25, -0.2) is 18.2 Å². The second kappa shape index (κ2) is 7.90. The third-order valence-corrected chi connectivity index (χ3v) is 3.56. The van der Waals surface area contributed by atoms with Crippen LogP contribution in [-0.2, 0) is 0 Å². The number of aromatic nitrogens is 2. The van der Waals surface area contributed by atoms with Crippen LogP contribution in [0.4, 0.5) is 32.2 Å². The zero-order chi connectivity index (χ0) is 21.2. The lowest BCUT2D eigenvalue weighted by atomic mass is 10.1. The minimum Gasteiger partial charge on any atom is -0.403 e. The van der Waals surface area contributed by atoms with E-state index in [1.165, 1.54) is 13.8 Å². The van der Waals surface area contributed by atoms with E-state index in [2.05, 4.69) is 20.0 Å². The van der Waals surface area contributed by atoms with Gasteiger partial charge in [-0.1, -0.05) is 6.07 Å². The van der Waals surface area contributed by atoms with E-state index in [-0.39, 0.29) is 17.2 Å². The summed E-state index contributed by atoms with van der Waals surface area (Å²) in [6.07, 6.45) is -8.30. The van der Waals surface area contributed by atoms with Gasteiger partial charge >= 0.3 is 6.36 Å². The molecule has 1 unspecified atom stereocenters. The average Bonchev–Trinajstić information content (AvgIpc) is 2.54. The van der Waals surface area contributed by atoms with E-state index < -0.39 is 47.2 Å². The van der Waals surface area contributed by atoms with Gasteiger partial charge in [0, 0.05) is 0 Å². The van der Waals surface area contributed by atoms with Gasteiger partial charge in [0.2, 0.25) is 0 Å². The van der Waals surface area contributed by atoms with Gasteiger partial charge in [-0.3, -0.25) is 10.2 Å². The number of nitrogens with zero attached hydrogens (tertiary/aromatic N) is 1. The van der Waals surface area contributed by atoms with Crippen molar-refractivity contribution >= 4 is 11.5 Å². The first-order chi connectivity index (χ1) is 12.9. The number of aryl methyl sites for hydroxylation is 1. The highest BCUT2D eigenvalue weighted by molar-refractivity contribution is 6.04. The van der Waals surface area contributed by atoms with E-state index in [4.69, 9.17) is 5.41 Å². The summed E-state index contributed by atoms with van der Waals surface area (Å²) in [7, 11) is 0. The van der Waals surface area contributed by atoms with Crippen molar-refractivity contribution in [2.45, 2.75) is 32.7 Å². The summed E-state index contributed by atoms with van der Waals surface area (Å²) in [5, 5.41) is 10.0. The molecule has 0 saturated carbocycles. The van der Waals surface area contributed by atoms with Crippen molar-refractivity contribution in [3.63, 3.8) is 0 Å². The summed E-state index contributed by atoms with van der Waals surface area (Å²) < 4.78 is 79.8. The Labute approximate surface area is 154 Å². The normalized spacial score (nSPS) is 12.8. The topological polar surface area (TPSA) is 90.9 Å². The maximum atomic E-state index is 13.9. The largest absolute Gasteiger partial charge is 0.573 e. The molecule has 2 rings (SSSR count). The Bertz CT molecular complexity index is 942. The molecule has 1 aromatic carbocycles. The van der Waals surface area contributed by atoms with Crippen molar-refractivity contribution in [1.82, 2.24) is 9.97 Å². The van der Waals surface area contributed by atoms with Gasteiger partial charge in [0.15, 0.2) is 11.6 Å². The van der Waals surface area contributed by atoms with Crippen LogP contribution in [0.25, 0.3) is 0 Å². The molecule has 0 aliphatic carbocycles. The van der Waals surface area contributed by atoms with E-state index in [1.807, 2.05) is 0 Å². The average molecular weight is 408 g/mol. The first kappa shape index (κ1) is 21.3. The number of halogens is 6. The number of anilines is 1. The number of ether oxygens (including phenoxy) is 1. The van der Waals surface area contributed by atoms with Crippen molar-refractivity contribution in [2.24, 2.45) is 0 Å². The molecule has 152 valence electrons. The molecule has 0 radical (unpaired) electrons. The monoisotopic (exact) mass is 408 g/mol. The summed E-state index contributed by atoms with van der Waals surface area (Å²) in [6, 6.07) is 1.79. The Kier molecular flexibility index (Phi) is 6.00. The lowest BCUT2D eigenvalue weighted by Crippen LogP contribution is -2.27. The van der Waals surface area contributed by atoms with Crippen LogP contribution < -0.4 is 15.6 Å². The molecule has 3 N–H and O–H groups in total. The third kappa shape index (κ3) is 5.02. The van der Waals surface area contributed by atoms with Crippen molar-refractivity contribution in [2.75, 3.05) is 5.32 Å². The van der Waals surface area contributed by atoms with Crippen LogP contribution in [0.3, 0.4) is 0 Å². The highest BCUT2D eigenvalue weighted by Gasteiger charge is 2.32. The Balaban J connectivity index is 2.35. The number of hydrogen-bond acceptors (Lipinski definition) is 5. The molecule has 6 nitrogen and oxygen atoms in total. The standard InChI is InChI=1S/C16H14F6N4O2/c1-6(8-3-4-10(9(17)5-8)28-16(20,21)22)24-14-11(12(23)13(18)19)15(27)26-7(2)25-14/h3-6,13,23H,1-2H3,(H2,24,25,26,27). The highest BCUT2D eigenvalue weighted by atomic mass is 19.4. The molecular weight excluding hydrogens is 394 g/mol. The van der Waals surface area contributed by atoms with Crippen LogP contribution >= 0.6 is 0 Å². The van der Waals surface area contributed by atoms with Crippen LogP contribution in [-0.4, -0.2) is 28.5 Å². The van der Waals surface area contributed by atoms with Gasteiger partial charge in [-0.2, -0.15) is 0 Å². The first-order valence-electron chi connectivity index (χ1n) is 7.68. The van der Waals surface area contributed by atoms with Gasteiger partial charge in [-0.05, 0) is 31.5 Å². The number of nitrogens with one attached hydrogen (secondary N) is 3. The summed E-state index contributed by atoms with van der Waals surface area (Å²) >= 11 is 0. The van der Waals surface area contributed by atoms with E-state index in [0.29, 0.717) is 0 Å². The van der Waals surface area contributed by atoms with Crippen molar-refractivity contribution < 1.29 is 31.1 Å².